The van der Waals surface area contributed by atoms with Gasteiger partial charge in [-0.3, -0.25) is 0 Å². The van der Waals surface area contributed by atoms with Crippen LogP contribution in [0.1, 0.15) is 48.4 Å². The Kier molecular flexibility index (Phi) is 7.25. The topological polar surface area (TPSA) is 68.1 Å². The summed E-state index contributed by atoms with van der Waals surface area (Å²) in [5.74, 6) is 0.140. The fraction of sp³-hybridized carbons (Fsp3) is 0.375. The average molecular weight is 472 g/mol. The molecule has 0 saturated carbocycles. The molecule has 0 aromatic carbocycles. The van der Waals surface area contributed by atoms with Gasteiger partial charge in [0.25, 0.3) is 0 Å². The molecule has 1 saturated heterocycles. The van der Waals surface area contributed by atoms with Gasteiger partial charge >= 0.3 is 0 Å². The van der Waals surface area contributed by atoms with Crippen LogP contribution < -0.4 is 0 Å². The van der Waals surface area contributed by atoms with Gasteiger partial charge in [-0.15, -0.1) is 22.7 Å². The highest BCUT2D eigenvalue weighted by molar-refractivity contribution is 7.19. The van der Waals surface area contributed by atoms with Crippen molar-refractivity contribution in [3.05, 3.63) is 69.2 Å². The highest BCUT2D eigenvalue weighted by atomic mass is 32.1. The zero-order valence-corrected chi connectivity index (χ0v) is 19.8. The lowest BCUT2D eigenvalue weighted by atomic mass is 9.96. The zero-order chi connectivity index (χ0) is 22.7. The van der Waals surface area contributed by atoms with E-state index in [1.54, 1.807) is 42.8 Å². The molecule has 1 N–H and O–H groups in total. The summed E-state index contributed by atoms with van der Waals surface area (Å²) in [5.41, 5.74) is 2.51. The van der Waals surface area contributed by atoms with Crippen molar-refractivity contribution in [2.45, 2.75) is 39.2 Å². The van der Waals surface area contributed by atoms with Crippen LogP contribution in [0.2, 0.25) is 0 Å². The van der Waals surface area contributed by atoms with Gasteiger partial charge in [-0.1, -0.05) is 6.58 Å². The fourth-order valence-electron chi connectivity index (χ4n) is 3.77. The molecule has 0 aliphatic carbocycles. The molecule has 0 radical (unpaired) electrons. The maximum absolute atomic E-state index is 15.3. The van der Waals surface area contributed by atoms with Gasteiger partial charge in [-0.2, -0.15) is 0 Å². The SMILES string of the molecule is C=C(C)C(F)=C(C=C(C)C(O)c1nccs1)c1ncnc2cc(CC3CCOCC3)sc12. The lowest BCUT2D eigenvalue weighted by Gasteiger charge is -2.21. The molecular formula is C24H26FN3O2S2. The van der Waals surface area contributed by atoms with Gasteiger partial charge in [-0.05, 0) is 62.3 Å². The lowest BCUT2D eigenvalue weighted by Crippen LogP contribution is -2.17. The van der Waals surface area contributed by atoms with E-state index < -0.39 is 11.9 Å². The van der Waals surface area contributed by atoms with Crippen molar-refractivity contribution in [3.63, 3.8) is 0 Å². The van der Waals surface area contributed by atoms with Crippen LogP contribution in [-0.4, -0.2) is 33.3 Å². The van der Waals surface area contributed by atoms with Crippen LogP contribution in [0.5, 0.6) is 0 Å². The number of aliphatic hydroxyl groups is 1. The third kappa shape index (κ3) is 5.04. The molecule has 4 heterocycles. The van der Waals surface area contributed by atoms with E-state index in [9.17, 15) is 5.11 Å². The lowest BCUT2D eigenvalue weighted by molar-refractivity contribution is 0.0667. The summed E-state index contributed by atoms with van der Waals surface area (Å²) in [7, 11) is 0. The van der Waals surface area contributed by atoms with Crippen molar-refractivity contribution in [1.82, 2.24) is 15.0 Å². The second-order valence-electron chi connectivity index (χ2n) is 8.08. The summed E-state index contributed by atoms with van der Waals surface area (Å²) in [4.78, 5) is 14.3. The molecule has 4 rings (SSSR count). The van der Waals surface area contributed by atoms with Crippen molar-refractivity contribution < 1.29 is 14.2 Å². The van der Waals surface area contributed by atoms with E-state index in [0.717, 1.165) is 42.7 Å². The predicted molar refractivity (Wildman–Crippen MR) is 128 cm³/mol. The maximum Gasteiger partial charge on any atom is 0.134 e. The molecule has 1 atom stereocenters. The van der Waals surface area contributed by atoms with E-state index in [-0.39, 0.29) is 0 Å². The zero-order valence-electron chi connectivity index (χ0n) is 18.2. The Morgan fingerprint density at radius 3 is 2.78 bits per heavy atom. The van der Waals surface area contributed by atoms with Gasteiger partial charge < -0.3 is 9.84 Å². The standard InChI is InChI=1S/C24H26FN3O2S2/c1-14(2)20(25)18(10-15(3)22(29)24-26-6-9-31-24)21-23-19(27-13-28-21)12-17(32-23)11-16-4-7-30-8-5-16/h6,9-10,12-13,16,22,29H,1,4-5,7-8,11H2,2-3H3. The number of rotatable bonds is 7. The first kappa shape index (κ1) is 22.9. The van der Waals surface area contributed by atoms with Gasteiger partial charge in [0.2, 0.25) is 0 Å². The maximum atomic E-state index is 15.3. The van der Waals surface area contributed by atoms with Crippen molar-refractivity contribution in [3.8, 4) is 0 Å². The second kappa shape index (κ2) is 10.1. The number of fused-ring (bicyclic) bond motifs is 1. The molecule has 0 amide bonds. The van der Waals surface area contributed by atoms with Crippen LogP contribution in [0.25, 0.3) is 15.8 Å². The summed E-state index contributed by atoms with van der Waals surface area (Å²) in [6, 6.07) is 2.08. The van der Waals surface area contributed by atoms with Crippen LogP contribution in [0.3, 0.4) is 0 Å². The molecule has 8 heteroatoms. The number of ether oxygens (including phenoxy) is 1. The van der Waals surface area contributed by atoms with Gasteiger partial charge in [0, 0.05) is 35.2 Å². The van der Waals surface area contributed by atoms with E-state index in [1.165, 1.54) is 22.5 Å². The van der Waals surface area contributed by atoms with Crippen LogP contribution >= 0.6 is 22.7 Å². The first-order valence-corrected chi connectivity index (χ1v) is 12.3. The van der Waals surface area contributed by atoms with Crippen LogP contribution in [0.4, 0.5) is 4.39 Å². The molecule has 0 bridgehead atoms. The number of aliphatic hydroxyl groups excluding tert-OH is 1. The van der Waals surface area contributed by atoms with E-state index in [0.29, 0.717) is 33.3 Å². The van der Waals surface area contributed by atoms with E-state index in [4.69, 9.17) is 4.74 Å². The molecule has 168 valence electrons. The molecular weight excluding hydrogens is 445 g/mol. The van der Waals surface area contributed by atoms with Crippen LogP contribution in [0.15, 0.2) is 53.6 Å². The normalized spacial score (nSPS) is 17.4. The number of aromatic nitrogens is 3. The second-order valence-corrected chi connectivity index (χ2v) is 10.1. The number of thiazole rings is 1. The first-order chi connectivity index (χ1) is 15.4. The molecule has 3 aromatic rings. The predicted octanol–water partition coefficient (Wildman–Crippen LogP) is 6.05. The van der Waals surface area contributed by atoms with Gasteiger partial charge in [0.15, 0.2) is 0 Å². The van der Waals surface area contributed by atoms with E-state index in [2.05, 4.69) is 27.6 Å². The molecule has 3 aromatic heterocycles. The highest BCUT2D eigenvalue weighted by Gasteiger charge is 2.21. The fourth-order valence-corrected chi connectivity index (χ4v) is 5.69. The molecule has 5 nitrogen and oxygen atoms in total. The molecule has 1 fully saturated rings. The summed E-state index contributed by atoms with van der Waals surface area (Å²) in [6.07, 6.45) is 6.92. The Bertz CT molecular complexity index is 1160. The minimum Gasteiger partial charge on any atom is -0.381 e. The van der Waals surface area contributed by atoms with Crippen molar-refractivity contribution in [2.24, 2.45) is 5.92 Å². The molecule has 32 heavy (non-hydrogen) atoms. The van der Waals surface area contributed by atoms with E-state index >= 15 is 4.39 Å². The summed E-state index contributed by atoms with van der Waals surface area (Å²) in [5, 5.41) is 13.0. The van der Waals surface area contributed by atoms with Gasteiger partial charge in [0.1, 0.15) is 23.3 Å². The van der Waals surface area contributed by atoms with Crippen LogP contribution in [0, 0.1) is 5.92 Å². The Labute approximate surface area is 195 Å². The number of nitrogens with zero attached hydrogens (tertiary/aromatic N) is 3. The number of thiophene rings is 1. The Morgan fingerprint density at radius 1 is 1.31 bits per heavy atom. The van der Waals surface area contributed by atoms with Crippen LogP contribution in [-0.2, 0) is 11.2 Å². The quantitative estimate of drug-likeness (QED) is 0.425. The van der Waals surface area contributed by atoms with Crippen molar-refractivity contribution in [1.29, 1.82) is 0 Å². The van der Waals surface area contributed by atoms with Crippen molar-refractivity contribution >= 4 is 38.5 Å². The third-order valence-electron chi connectivity index (χ3n) is 5.55. The Hall–Kier alpha value is -2.26. The first-order valence-electron chi connectivity index (χ1n) is 10.6. The highest BCUT2D eigenvalue weighted by Crippen LogP contribution is 2.36. The summed E-state index contributed by atoms with van der Waals surface area (Å²) >= 11 is 2.97. The third-order valence-corrected chi connectivity index (χ3v) is 7.53. The molecule has 1 unspecified atom stereocenters. The minimum atomic E-state index is -0.910. The summed E-state index contributed by atoms with van der Waals surface area (Å²) in [6.45, 7) is 8.79. The molecule has 1 aliphatic rings. The molecule has 1 aliphatic heterocycles. The monoisotopic (exact) mass is 471 g/mol. The number of halogens is 1. The summed E-state index contributed by atoms with van der Waals surface area (Å²) < 4.78 is 21.6. The number of hydrogen-bond donors (Lipinski definition) is 1. The Balaban J connectivity index is 1.74. The van der Waals surface area contributed by atoms with Gasteiger partial charge in [-0.25, -0.2) is 19.3 Å². The number of allylic oxidation sites excluding steroid dienone is 4. The average Bonchev–Trinajstić information content (AvgIpc) is 3.46. The van der Waals surface area contributed by atoms with Crippen molar-refractivity contribution in [2.75, 3.05) is 13.2 Å². The largest absolute Gasteiger partial charge is 0.381 e. The Morgan fingerprint density at radius 2 is 2.09 bits per heavy atom. The molecule has 0 spiro atoms. The minimum absolute atomic E-state index is 0.303. The van der Waals surface area contributed by atoms with E-state index in [1.807, 2.05) is 0 Å². The smallest absolute Gasteiger partial charge is 0.134 e. The van der Waals surface area contributed by atoms with Gasteiger partial charge in [0.05, 0.1) is 15.9 Å². The number of hydrogen-bond acceptors (Lipinski definition) is 7.